The third kappa shape index (κ3) is 33.8. The SMILES string of the molecule is CCCCCCCCCCCCCCC(=O)OC[C@@H](COC(=O)CCCCCCC)OC(=O)CCCCCCCCCCC(C)C. The summed E-state index contributed by atoms with van der Waals surface area (Å²) in [7, 11) is 0. The summed E-state index contributed by atoms with van der Waals surface area (Å²) < 4.78 is 16.5. The molecular weight excluding hydrogens is 576 g/mol. The zero-order chi connectivity index (χ0) is 33.9. The third-order valence-electron chi connectivity index (χ3n) is 8.79. The van der Waals surface area contributed by atoms with Crippen LogP contribution in [-0.2, 0) is 28.6 Å². The number of hydrogen-bond donors (Lipinski definition) is 0. The molecule has 0 spiro atoms. The molecule has 0 aliphatic heterocycles. The Morgan fingerprint density at radius 1 is 0.413 bits per heavy atom. The Balaban J connectivity index is 4.26. The van der Waals surface area contributed by atoms with Gasteiger partial charge in [0.25, 0.3) is 0 Å². The normalized spacial score (nSPS) is 11.9. The van der Waals surface area contributed by atoms with Crippen molar-refractivity contribution in [2.45, 2.75) is 220 Å². The van der Waals surface area contributed by atoms with Gasteiger partial charge < -0.3 is 14.2 Å². The van der Waals surface area contributed by atoms with E-state index in [2.05, 4.69) is 27.7 Å². The first kappa shape index (κ1) is 44.4. The van der Waals surface area contributed by atoms with E-state index in [1.54, 1.807) is 0 Å². The molecule has 6 heteroatoms. The van der Waals surface area contributed by atoms with Crippen molar-refractivity contribution in [1.82, 2.24) is 0 Å². The Morgan fingerprint density at radius 2 is 0.717 bits per heavy atom. The molecule has 0 radical (unpaired) electrons. The average Bonchev–Trinajstić information content (AvgIpc) is 3.03. The topological polar surface area (TPSA) is 78.9 Å². The second-order valence-electron chi connectivity index (χ2n) is 14.0. The molecule has 0 aliphatic rings. The standard InChI is InChI=1S/C40H76O6/c1-5-7-9-11-12-13-14-15-16-20-24-28-32-39(42)45-35-37(34-44-38(41)31-27-22-10-8-6-2)46-40(43)33-29-25-21-18-17-19-23-26-30-36(3)4/h36-37H,5-35H2,1-4H3/t37-/m1/s1. The first-order valence-corrected chi connectivity index (χ1v) is 19.9. The Labute approximate surface area is 285 Å². The van der Waals surface area contributed by atoms with Gasteiger partial charge in [-0.25, -0.2) is 0 Å². The van der Waals surface area contributed by atoms with Crippen LogP contribution in [0.4, 0.5) is 0 Å². The van der Waals surface area contributed by atoms with E-state index < -0.39 is 6.10 Å². The van der Waals surface area contributed by atoms with Crippen LogP contribution in [0, 0.1) is 5.92 Å². The Kier molecular flexibility index (Phi) is 33.5. The van der Waals surface area contributed by atoms with Crippen molar-refractivity contribution >= 4 is 17.9 Å². The van der Waals surface area contributed by atoms with Gasteiger partial charge in [0.05, 0.1) is 0 Å². The summed E-state index contributed by atoms with van der Waals surface area (Å²) in [5.41, 5.74) is 0. The number of carbonyl (C=O) groups excluding carboxylic acids is 3. The summed E-state index contributed by atoms with van der Waals surface area (Å²) in [6, 6.07) is 0. The van der Waals surface area contributed by atoms with Crippen LogP contribution in [0.1, 0.15) is 214 Å². The molecule has 0 aromatic heterocycles. The van der Waals surface area contributed by atoms with Gasteiger partial charge in [0, 0.05) is 19.3 Å². The quantitative estimate of drug-likeness (QED) is 0.0385. The zero-order valence-corrected chi connectivity index (χ0v) is 31.0. The first-order chi connectivity index (χ1) is 22.4. The van der Waals surface area contributed by atoms with Crippen molar-refractivity contribution in [3.8, 4) is 0 Å². The summed E-state index contributed by atoms with van der Waals surface area (Å²) in [6.45, 7) is 8.85. The molecule has 0 fully saturated rings. The fraction of sp³-hybridized carbons (Fsp3) is 0.925. The van der Waals surface area contributed by atoms with Crippen LogP contribution in [0.2, 0.25) is 0 Å². The minimum Gasteiger partial charge on any atom is -0.462 e. The van der Waals surface area contributed by atoms with Gasteiger partial charge in [0.2, 0.25) is 0 Å². The molecule has 46 heavy (non-hydrogen) atoms. The Morgan fingerprint density at radius 3 is 1.07 bits per heavy atom. The van der Waals surface area contributed by atoms with Gasteiger partial charge >= 0.3 is 17.9 Å². The molecule has 0 aromatic carbocycles. The minimum atomic E-state index is -0.756. The monoisotopic (exact) mass is 653 g/mol. The van der Waals surface area contributed by atoms with E-state index in [-0.39, 0.29) is 31.1 Å². The van der Waals surface area contributed by atoms with Crippen molar-refractivity contribution in [2.75, 3.05) is 13.2 Å². The van der Waals surface area contributed by atoms with Crippen molar-refractivity contribution in [3.63, 3.8) is 0 Å². The predicted octanol–water partition coefficient (Wildman–Crippen LogP) is 12.0. The molecule has 0 saturated heterocycles. The second kappa shape index (κ2) is 34.7. The molecule has 0 heterocycles. The van der Waals surface area contributed by atoms with Gasteiger partial charge in [0.1, 0.15) is 13.2 Å². The summed E-state index contributed by atoms with van der Waals surface area (Å²) in [5, 5.41) is 0. The van der Waals surface area contributed by atoms with Crippen LogP contribution >= 0.6 is 0 Å². The highest BCUT2D eigenvalue weighted by atomic mass is 16.6. The largest absolute Gasteiger partial charge is 0.462 e. The summed E-state index contributed by atoms with van der Waals surface area (Å²) in [5.74, 6) is -0.0849. The Hall–Kier alpha value is -1.59. The molecule has 0 bridgehead atoms. The third-order valence-corrected chi connectivity index (χ3v) is 8.79. The summed E-state index contributed by atoms with van der Waals surface area (Å²) in [6.07, 6.45) is 31.2. The maximum Gasteiger partial charge on any atom is 0.306 e. The van der Waals surface area contributed by atoms with Crippen molar-refractivity contribution in [1.29, 1.82) is 0 Å². The lowest BCUT2D eigenvalue weighted by Crippen LogP contribution is -2.30. The molecule has 6 nitrogen and oxygen atoms in total. The van der Waals surface area contributed by atoms with Crippen LogP contribution in [0.5, 0.6) is 0 Å². The van der Waals surface area contributed by atoms with Crippen LogP contribution < -0.4 is 0 Å². The molecule has 272 valence electrons. The van der Waals surface area contributed by atoms with E-state index in [0.29, 0.717) is 19.3 Å². The van der Waals surface area contributed by atoms with E-state index in [4.69, 9.17) is 14.2 Å². The highest BCUT2D eigenvalue weighted by Gasteiger charge is 2.19. The lowest BCUT2D eigenvalue weighted by atomic mass is 10.0. The molecule has 0 rings (SSSR count). The highest BCUT2D eigenvalue weighted by molar-refractivity contribution is 5.71. The fourth-order valence-corrected chi connectivity index (χ4v) is 5.74. The number of hydrogen-bond acceptors (Lipinski definition) is 6. The smallest absolute Gasteiger partial charge is 0.306 e. The van der Waals surface area contributed by atoms with Crippen LogP contribution in [0.3, 0.4) is 0 Å². The lowest BCUT2D eigenvalue weighted by molar-refractivity contribution is -0.167. The van der Waals surface area contributed by atoms with E-state index in [9.17, 15) is 14.4 Å². The Bertz CT molecular complexity index is 691. The van der Waals surface area contributed by atoms with Crippen molar-refractivity contribution in [3.05, 3.63) is 0 Å². The van der Waals surface area contributed by atoms with Gasteiger partial charge in [-0.1, -0.05) is 175 Å². The molecule has 0 aromatic rings. The maximum atomic E-state index is 12.6. The molecule has 0 aliphatic carbocycles. The van der Waals surface area contributed by atoms with Gasteiger partial charge in [0.15, 0.2) is 6.10 Å². The van der Waals surface area contributed by atoms with Crippen molar-refractivity contribution < 1.29 is 28.6 Å². The fourth-order valence-electron chi connectivity index (χ4n) is 5.74. The average molecular weight is 653 g/mol. The molecule has 0 N–H and O–H groups in total. The maximum absolute atomic E-state index is 12.6. The lowest BCUT2D eigenvalue weighted by Gasteiger charge is -2.18. The molecule has 0 amide bonds. The van der Waals surface area contributed by atoms with E-state index in [1.165, 1.54) is 103 Å². The molecule has 0 saturated carbocycles. The highest BCUT2D eigenvalue weighted by Crippen LogP contribution is 2.15. The number of esters is 3. The van der Waals surface area contributed by atoms with Gasteiger partial charge in [-0.3, -0.25) is 14.4 Å². The van der Waals surface area contributed by atoms with Crippen molar-refractivity contribution in [2.24, 2.45) is 5.92 Å². The zero-order valence-electron chi connectivity index (χ0n) is 31.0. The summed E-state index contributed by atoms with van der Waals surface area (Å²) in [4.78, 5) is 37.2. The minimum absolute atomic E-state index is 0.0661. The second-order valence-corrected chi connectivity index (χ2v) is 14.0. The summed E-state index contributed by atoms with van der Waals surface area (Å²) >= 11 is 0. The van der Waals surface area contributed by atoms with Gasteiger partial charge in [-0.15, -0.1) is 0 Å². The van der Waals surface area contributed by atoms with E-state index in [0.717, 1.165) is 70.1 Å². The number of rotatable bonds is 35. The van der Waals surface area contributed by atoms with Gasteiger partial charge in [-0.2, -0.15) is 0 Å². The number of unbranched alkanes of at least 4 members (excludes halogenated alkanes) is 22. The van der Waals surface area contributed by atoms with Crippen LogP contribution in [0.25, 0.3) is 0 Å². The van der Waals surface area contributed by atoms with Crippen LogP contribution in [0.15, 0.2) is 0 Å². The number of carbonyl (C=O) groups is 3. The molecular formula is C40H76O6. The van der Waals surface area contributed by atoms with E-state index >= 15 is 0 Å². The van der Waals surface area contributed by atoms with Gasteiger partial charge in [-0.05, 0) is 25.2 Å². The van der Waals surface area contributed by atoms with Crippen LogP contribution in [-0.4, -0.2) is 37.2 Å². The van der Waals surface area contributed by atoms with E-state index in [1.807, 2.05) is 0 Å². The molecule has 0 unspecified atom stereocenters. The molecule has 1 atom stereocenters. The first-order valence-electron chi connectivity index (χ1n) is 19.9. The predicted molar refractivity (Wildman–Crippen MR) is 192 cm³/mol. The number of ether oxygens (including phenoxy) is 3.